The van der Waals surface area contributed by atoms with Gasteiger partial charge in [-0.05, 0) is 35.2 Å². The van der Waals surface area contributed by atoms with Crippen molar-refractivity contribution in [1.82, 2.24) is 10.2 Å². The molecule has 140 valence electrons. The molecular formula is C18H17N3O4S2. The highest BCUT2D eigenvalue weighted by Crippen LogP contribution is 2.38. The lowest BCUT2D eigenvalue weighted by atomic mass is 10.1. The van der Waals surface area contributed by atoms with Crippen molar-refractivity contribution in [3.63, 3.8) is 0 Å². The Balaban J connectivity index is 1.71. The average Bonchev–Trinajstić information content (AvgIpc) is 3.37. The van der Waals surface area contributed by atoms with Gasteiger partial charge in [0.2, 0.25) is 16.8 Å². The van der Waals surface area contributed by atoms with E-state index in [-0.39, 0.29) is 5.91 Å². The molecule has 0 aliphatic carbocycles. The molecule has 0 aliphatic heterocycles. The Hall–Kier alpha value is -2.91. The summed E-state index contributed by atoms with van der Waals surface area (Å²) in [5.41, 5.74) is 0.733. The molecule has 0 spiro atoms. The smallest absolute Gasteiger partial charge is 0.250 e. The summed E-state index contributed by atoms with van der Waals surface area (Å²) in [5, 5.41) is 14.0. The highest BCUT2D eigenvalue weighted by Gasteiger charge is 2.13. The second-order valence-electron chi connectivity index (χ2n) is 5.17. The number of aromatic nitrogens is 2. The molecule has 0 atom stereocenters. The summed E-state index contributed by atoms with van der Waals surface area (Å²) in [6.45, 7) is 0. The predicted molar refractivity (Wildman–Crippen MR) is 107 cm³/mol. The van der Waals surface area contributed by atoms with Crippen molar-refractivity contribution >= 4 is 39.8 Å². The molecule has 0 unspecified atom stereocenters. The molecule has 7 nitrogen and oxygen atoms in total. The van der Waals surface area contributed by atoms with Gasteiger partial charge in [-0.3, -0.25) is 10.1 Å². The van der Waals surface area contributed by atoms with Crippen LogP contribution in [0.25, 0.3) is 16.0 Å². The molecule has 1 amide bonds. The minimum Gasteiger partial charge on any atom is -0.493 e. The van der Waals surface area contributed by atoms with Crippen LogP contribution in [0.5, 0.6) is 17.2 Å². The van der Waals surface area contributed by atoms with Gasteiger partial charge in [-0.25, -0.2) is 0 Å². The number of nitrogens with zero attached hydrogens (tertiary/aromatic N) is 2. The molecule has 0 saturated carbocycles. The van der Waals surface area contributed by atoms with E-state index in [1.165, 1.54) is 38.7 Å². The molecule has 0 radical (unpaired) electrons. The fourth-order valence-corrected chi connectivity index (χ4v) is 3.83. The third kappa shape index (κ3) is 4.44. The van der Waals surface area contributed by atoms with Gasteiger partial charge in [0.1, 0.15) is 0 Å². The molecule has 2 aromatic heterocycles. The van der Waals surface area contributed by atoms with Crippen molar-refractivity contribution in [1.29, 1.82) is 0 Å². The molecule has 0 aliphatic rings. The van der Waals surface area contributed by atoms with Gasteiger partial charge in [0, 0.05) is 6.08 Å². The van der Waals surface area contributed by atoms with Crippen LogP contribution in [0.3, 0.4) is 0 Å². The van der Waals surface area contributed by atoms with Gasteiger partial charge in [0.25, 0.3) is 0 Å². The lowest BCUT2D eigenvalue weighted by Crippen LogP contribution is -2.07. The number of hydrogen-bond acceptors (Lipinski definition) is 8. The van der Waals surface area contributed by atoms with Crippen LogP contribution >= 0.6 is 22.7 Å². The first-order valence-electron chi connectivity index (χ1n) is 7.81. The van der Waals surface area contributed by atoms with E-state index in [0.29, 0.717) is 22.4 Å². The van der Waals surface area contributed by atoms with E-state index >= 15 is 0 Å². The molecule has 0 saturated heterocycles. The monoisotopic (exact) mass is 403 g/mol. The van der Waals surface area contributed by atoms with Gasteiger partial charge >= 0.3 is 0 Å². The Labute approximate surface area is 164 Å². The number of amides is 1. The maximum Gasteiger partial charge on any atom is 0.250 e. The van der Waals surface area contributed by atoms with Crippen molar-refractivity contribution in [2.45, 2.75) is 0 Å². The second kappa shape index (κ2) is 8.65. The first kappa shape index (κ1) is 18.9. The first-order valence-corrected chi connectivity index (χ1v) is 9.50. The zero-order valence-corrected chi connectivity index (χ0v) is 16.5. The number of rotatable bonds is 7. The minimum atomic E-state index is -0.308. The van der Waals surface area contributed by atoms with Gasteiger partial charge in [-0.15, -0.1) is 21.5 Å². The predicted octanol–water partition coefficient (Wildman–Crippen LogP) is 3.94. The van der Waals surface area contributed by atoms with E-state index in [4.69, 9.17) is 14.2 Å². The molecular weight excluding hydrogens is 386 g/mol. The molecule has 1 aromatic carbocycles. The number of nitrogens with one attached hydrogen (secondary N) is 1. The molecule has 3 rings (SSSR count). The summed E-state index contributed by atoms with van der Waals surface area (Å²) in [5.74, 6) is 1.22. The molecule has 3 aromatic rings. The van der Waals surface area contributed by atoms with Crippen molar-refractivity contribution in [3.8, 4) is 27.1 Å². The van der Waals surface area contributed by atoms with Gasteiger partial charge in [-0.2, -0.15) is 0 Å². The summed E-state index contributed by atoms with van der Waals surface area (Å²) in [6.07, 6.45) is 3.06. The van der Waals surface area contributed by atoms with Crippen molar-refractivity contribution < 1.29 is 19.0 Å². The number of ether oxygens (including phenoxy) is 3. The Morgan fingerprint density at radius 1 is 1.11 bits per heavy atom. The largest absolute Gasteiger partial charge is 0.493 e. The van der Waals surface area contributed by atoms with E-state index in [9.17, 15) is 4.79 Å². The molecule has 2 heterocycles. The molecule has 27 heavy (non-hydrogen) atoms. The first-order chi connectivity index (χ1) is 13.1. The van der Waals surface area contributed by atoms with Crippen LogP contribution in [-0.2, 0) is 4.79 Å². The molecule has 1 N–H and O–H groups in total. The zero-order chi connectivity index (χ0) is 19.2. The van der Waals surface area contributed by atoms with Crippen LogP contribution in [0, 0.1) is 0 Å². The van der Waals surface area contributed by atoms with Crippen molar-refractivity contribution in [2.24, 2.45) is 0 Å². The second-order valence-corrected chi connectivity index (χ2v) is 7.10. The van der Waals surface area contributed by atoms with Crippen LogP contribution in [-0.4, -0.2) is 37.4 Å². The van der Waals surface area contributed by atoms with Crippen molar-refractivity contribution in [2.75, 3.05) is 26.6 Å². The van der Waals surface area contributed by atoms with Gasteiger partial charge in [0.05, 0.1) is 26.2 Å². The lowest BCUT2D eigenvalue weighted by Gasteiger charge is -2.12. The number of carbonyl (C=O) groups excluding carboxylic acids is 1. The van der Waals surface area contributed by atoms with Crippen LogP contribution in [0.15, 0.2) is 35.7 Å². The zero-order valence-electron chi connectivity index (χ0n) is 14.9. The normalized spacial score (nSPS) is 10.8. The van der Waals surface area contributed by atoms with E-state index in [0.717, 1.165) is 15.4 Å². The number of methoxy groups -OCH3 is 3. The number of hydrogen-bond donors (Lipinski definition) is 1. The third-order valence-electron chi connectivity index (χ3n) is 3.50. The lowest BCUT2D eigenvalue weighted by molar-refractivity contribution is -0.111. The summed E-state index contributed by atoms with van der Waals surface area (Å²) in [4.78, 5) is 13.2. The summed E-state index contributed by atoms with van der Waals surface area (Å²) >= 11 is 2.90. The highest BCUT2D eigenvalue weighted by atomic mass is 32.1. The Morgan fingerprint density at radius 3 is 2.44 bits per heavy atom. The summed E-state index contributed by atoms with van der Waals surface area (Å²) in [6, 6.07) is 7.41. The fraction of sp³-hybridized carbons (Fsp3) is 0.167. The fourth-order valence-electron chi connectivity index (χ4n) is 2.29. The van der Waals surface area contributed by atoms with E-state index in [1.807, 2.05) is 17.5 Å². The molecule has 0 fully saturated rings. The Bertz CT molecular complexity index is 926. The number of thiophene rings is 1. The minimum absolute atomic E-state index is 0.308. The average molecular weight is 403 g/mol. The van der Waals surface area contributed by atoms with Crippen LogP contribution < -0.4 is 19.5 Å². The summed E-state index contributed by atoms with van der Waals surface area (Å²) in [7, 11) is 4.62. The summed E-state index contributed by atoms with van der Waals surface area (Å²) < 4.78 is 15.9. The van der Waals surface area contributed by atoms with E-state index < -0.39 is 0 Å². The maximum atomic E-state index is 12.2. The highest BCUT2D eigenvalue weighted by molar-refractivity contribution is 7.23. The number of carbonyl (C=O) groups is 1. The van der Waals surface area contributed by atoms with E-state index in [1.54, 1.807) is 29.5 Å². The third-order valence-corrected chi connectivity index (χ3v) is 5.38. The number of benzene rings is 1. The molecule has 9 heteroatoms. The Morgan fingerprint density at radius 2 is 1.85 bits per heavy atom. The van der Waals surface area contributed by atoms with Crippen LogP contribution in [0.1, 0.15) is 5.56 Å². The SMILES string of the molecule is COc1cc(/C=C/C(=O)Nc2nnc(-c3cccs3)s2)cc(OC)c1OC. The maximum absolute atomic E-state index is 12.2. The molecule has 0 bridgehead atoms. The quantitative estimate of drug-likeness (QED) is 0.602. The van der Waals surface area contributed by atoms with E-state index in [2.05, 4.69) is 15.5 Å². The van der Waals surface area contributed by atoms with Gasteiger partial charge in [0.15, 0.2) is 16.5 Å². The standard InChI is InChI=1S/C18H17N3O4S2/c1-23-12-9-11(10-13(24-2)16(12)25-3)6-7-15(22)19-18-21-20-17(27-18)14-5-4-8-26-14/h4-10H,1-3H3,(H,19,21,22)/b7-6+. The Kier molecular flexibility index (Phi) is 6.05. The van der Waals surface area contributed by atoms with Crippen LogP contribution in [0.2, 0.25) is 0 Å². The van der Waals surface area contributed by atoms with Gasteiger partial charge in [-0.1, -0.05) is 17.4 Å². The van der Waals surface area contributed by atoms with Crippen molar-refractivity contribution in [3.05, 3.63) is 41.3 Å². The number of anilines is 1. The van der Waals surface area contributed by atoms with Crippen LogP contribution in [0.4, 0.5) is 5.13 Å². The van der Waals surface area contributed by atoms with Gasteiger partial charge < -0.3 is 14.2 Å². The topological polar surface area (TPSA) is 82.6 Å².